The van der Waals surface area contributed by atoms with Gasteiger partial charge in [-0.2, -0.15) is 0 Å². The fourth-order valence-corrected chi connectivity index (χ4v) is 7.39. The van der Waals surface area contributed by atoms with Crippen molar-refractivity contribution in [3.8, 4) is 0 Å². The Kier molecular flexibility index (Phi) is 44.7. The maximum absolute atomic E-state index is 12.4. The minimum Gasteiger partial charge on any atom is -0.466 e. The van der Waals surface area contributed by atoms with Gasteiger partial charge in [0, 0.05) is 12.8 Å². The highest BCUT2D eigenvalue weighted by atomic mass is 16.5. The molecule has 56 heavy (non-hydrogen) atoms. The molecule has 0 heterocycles. The highest BCUT2D eigenvalue weighted by Crippen LogP contribution is 2.15. The Morgan fingerprint density at radius 2 is 0.839 bits per heavy atom. The number of hydrogen-bond donors (Lipinski definition) is 3. The van der Waals surface area contributed by atoms with Crippen LogP contribution in [0.1, 0.15) is 258 Å². The molecule has 0 aromatic rings. The van der Waals surface area contributed by atoms with Crippen molar-refractivity contribution in [1.82, 2.24) is 5.32 Å². The second-order valence-electron chi connectivity index (χ2n) is 16.8. The summed E-state index contributed by atoms with van der Waals surface area (Å²) in [4.78, 5) is 24.4. The highest BCUT2D eigenvalue weighted by molar-refractivity contribution is 5.76. The zero-order valence-corrected chi connectivity index (χ0v) is 37.4. The Bertz CT molecular complexity index is 874. The number of aliphatic hydroxyl groups is 2. The summed E-state index contributed by atoms with van der Waals surface area (Å²) in [6.45, 7) is 4.84. The van der Waals surface area contributed by atoms with Gasteiger partial charge in [-0.1, -0.05) is 212 Å². The van der Waals surface area contributed by atoms with E-state index in [0.29, 0.717) is 19.4 Å². The van der Waals surface area contributed by atoms with Crippen LogP contribution in [0.3, 0.4) is 0 Å². The Morgan fingerprint density at radius 3 is 1.29 bits per heavy atom. The molecule has 0 aromatic carbocycles. The van der Waals surface area contributed by atoms with Crippen LogP contribution in [0.4, 0.5) is 0 Å². The third-order valence-corrected chi connectivity index (χ3v) is 11.2. The molecule has 0 aliphatic heterocycles. The summed E-state index contributed by atoms with van der Waals surface area (Å²) in [5.74, 6) is -0.111. The Labute approximate surface area is 348 Å². The second kappa shape index (κ2) is 46.0. The number of amides is 1. The summed E-state index contributed by atoms with van der Waals surface area (Å²) >= 11 is 0. The van der Waals surface area contributed by atoms with Gasteiger partial charge in [-0.05, 0) is 57.8 Å². The predicted octanol–water partition coefficient (Wildman–Crippen LogP) is 14.3. The standard InChI is InChI=1S/C50H95NO5/c1-3-5-7-9-11-13-15-16-17-20-24-28-32-36-40-44-50(55)56-45-41-37-33-29-25-21-18-19-23-27-31-35-39-43-49(54)51-47(46-52)48(53)42-38-34-30-26-22-14-12-10-8-6-4-2/h19,23,38,42,47-48,52-53H,3-18,20-22,24-37,39-41,43-46H2,1-2H3,(H,51,54)/b23-19-,42-38+. The lowest BCUT2D eigenvalue weighted by atomic mass is 10.0. The smallest absolute Gasteiger partial charge is 0.305 e. The first kappa shape index (κ1) is 54.3. The molecule has 0 aliphatic rings. The van der Waals surface area contributed by atoms with E-state index in [9.17, 15) is 19.8 Å². The van der Waals surface area contributed by atoms with Gasteiger partial charge in [0.2, 0.25) is 5.91 Å². The molecule has 0 radical (unpaired) electrons. The molecule has 1 amide bonds. The molecule has 6 heteroatoms. The van der Waals surface area contributed by atoms with Crippen LogP contribution in [-0.4, -0.2) is 47.4 Å². The highest BCUT2D eigenvalue weighted by Gasteiger charge is 2.18. The fraction of sp³-hybridized carbons (Fsp3) is 0.880. The Hall–Kier alpha value is -1.66. The minimum absolute atomic E-state index is 0.0119. The molecule has 0 spiro atoms. The largest absolute Gasteiger partial charge is 0.466 e. The summed E-state index contributed by atoms with van der Waals surface area (Å²) in [5, 5.41) is 22.9. The van der Waals surface area contributed by atoms with Crippen molar-refractivity contribution in [2.24, 2.45) is 0 Å². The van der Waals surface area contributed by atoms with Gasteiger partial charge in [-0.3, -0.25) is 9.59 Å². The Balaban J connectivity index is 3.50. The van der Waals surface area contributed by atoms with Gasteiger partial charge < -0.3 is 20.3 Å². The zero-order valence-electron chi connectivity index (χ0n) is 37.4. The molecule has 0 rings (SSSR count). The maximum Gasteiger partial charge on any atom is 0.305 e. The molecule has 0 saturated heterocycles. The van der Waals surface area contributed by atoms with E-state index in [-0.39, 0.29) is 18.5 Å². The number of aliphatic hydroxyl groups excluding tert-OH is 2. The molecule has 0 aliphatic carbocycles. The number of allylic oxidation sites excluding steroid dienone is 3. The lowest BCUT2D eigenvalue weighted by Gasteiger charge is -2.19. The fourth-order valence-electron chi connectivity index (χ4n) is 7.39. The van der Waals surface area contributed by atoms with Gasteiger partial charge in [0.15, 0.2) is 0 Å². The minimum atomic E-state index is -0.859. The average Bonchev–Trinajstić information content (AvgIpc) is 3.20. The van der Waals surface area contributed by atoms with Crippen molar-refractivity contribution < 1.29 is 24.5 Å². The van der Waals surface area contributed by atoms with Crippen LogP contribution in [0.5, 0.6) is 0 Å². The molecular weight excluding hydrogens is 695 g/mol. The van der Waals surface area contributed by atoms with Crippen LogP contribution >= 0.6 is 0 Å². The summed E-state index contributed by atoms with van der Waals surface area (Å²) in [6, 6.07) is -0.646. The SMILES string of the molecule is CCCCCCCCCCC/C=C/C(O)C(CO)NC(=O)CCCCC/C=C\CCCCCCCCOC(=O)CCCCCCCCCCCCCCCCC. The van der Waals surface area contributed by atoms with E-state index in [2.05, 4.69) is 31.3 Å². The van der Waals surface area contributed by atoms with Crippen molar-refractivity contribution in [1.29, 1.82) is 0 Å². The first-order valence-corrected chi connectivity index (χ1v) is 24.6. The first-order chi connectivity index (χ1) is 27.5. The lowest BCUT2D eigenvalue weighted by Crippen LogP contribution is -2.45. The topological polar surface area (TPSA) is 95.9 Å². The maximum atomic E-state index is 12.4. The quantitative estimate of drug-likeness (QED) is 0.0324. The summed E-state index contributed by atoms with van der Waals surface area (Å²) in [5.41, 5.74) is 0. The van der Waals surface area contributed by atoms with E-state index in [0.717, 1.165) is 70.6 Å². The molecule has 0 saturated carbocycles. The third-order valence-electron chi connectivity index (χ3n) is 11.2. The number of carbonyl (C=O) groups is 2. The molecule has 330 valence electrons. The van der Waals surface area contributed by atoms with Gasteiger partial charge in [0.1, 0.15) is 0 Å². The van der Waals surface area contributed by atoms with Gasteiger partial charge >= 0.3 is 5.97 Å². The molecule has 6 nitrogen and oxygen atoms in total. The van der Waals surface area contributed by atoms with Crippen LogP contribution in [-0.2, 0) is 14.3 Å². The molecule has 2 unspecified atom stereocenters. The molecule has 3 N–H and O–H groups in total. The molecule has 0 aromatic heterocycles. The van der Waals surface area contributed by atoms with Crippen LogP contribution in [0.25, 0.3) is 0 Å². The van der Waals surface area contributed by atoms with E-state index < -0.39 is 12.1 Å². The number of carbonyl (C=O) groups excluding carboxylic acids is 2. The van der Waals surface area contributed by atoms with Gasteiger partial charge in [0.05, 0.1) is 25.4 Å². The van der Waals surface area contributed by atoms with E-state index >= 15 is 0 Å². The number of esters is 1. The second-order valence-corrected chi connectivity index (χ2v) is 16.8. The van der Waals surface area contributed by atoms with Crippen LogP contribution in [0.2, 0.25) is 0 Å². The number of rotatable bonds is 45. The first-order valence-electron chi connectivity index (χ1n) is 24.6. The van der Waals surface area contributed by atoms with Gasteiger partial charge in [-0.25, -0.2) is 0 Å². The monoisotopic (exact) mass is 790 g/mol. The lowest BCUT2D eigenvalue weighted by molar-refractivity contribution is -0.143. The summed E-state index contributed by atoms with van der Waals surface area (Å²) in [7, 11) is 0. The normalized spacial score (nSPS) is 12.9. The summed E-state index contributed by atoms with van der Waals surface area (Å²) < 4.78 is 5.45. The van der Waals surface area contributed by atoms with E-state index in [1.807, 2.05) is 6.08 Å². The van der Waals surface area contributed by atoms with Crippen molar-refractivity contribution in [2.75, 3.05) is 13.2 Å². The van der Waals surface area contributed by atoms with Crippen LogP contribution < -0.4 is 5.32 Å². The average molecular weight is 790 g/mol. The summed E-state index contributed by atoms with van der Waals surface area (Å²) in [6.07, 6.45) is 53.2. The number of ether oxygens (including phenoxy) is 1. The predicted molar refractivity (Wildman–Crippen MR) is 241 cm³/mol. The van der Waals surface area contributed by atoms with E-state index in [4.69, 9.17) is 4.74 Å². The number of hydrogen-bond acceptors (Lipinski definition) is 5. The van der Waals surface area contributed by atoms with E-state index in [1.165, 1.54) is 161 Å². The van der Waals surface area contributed by atoms with Crippen LogP contribution in [0, 0.1) is 0 Å². The molecular formula is C50H95NO5. The van der Waals surface area contributed by atoms with Crippen molar-refractivity contribution in [2.45, 2.75) is 270 Å². The zero-order chi connectivity index (χ0) is 40.8. The molecule has 2 atom stereocenters. The Morgan fingerprint density at radius 1 is 0.482 bits per heavy atom. The van der Waals surface area contributed by atoms with Gasteiger partial charge in [-0.15, -0.1) is 0 Å². The van der Waals surface area contributed by atoms with Crippen LogP contribution in [0.15, 0.2) is 24.3 Å². The van der Waals surface area contributed by atoms with E-state index in [1.54, 1.807) is 6.08 Å². The number of nitrogens with one attached hydrogen (secondary N) is 1. The molecule has 0 bridgehead atoms. The molecule has 0 fully saturated rings. The number of unbranched alkanes of at least 4 members (excludes halogenated alkanes) is 32. The van der Waals surface area contributed by atoms with Crippen molar-refractivity contribution in [3.05, 3.63) is 24.3 Å². The van der Waals surface area contributed by atoms with Crippen molar-refractivity contribution in [3.63, 3.8) is 0 Å². The van der Waals surface area contributed by atoms with Crippen molar-refractivity contribution >= 4 is 11.9 Å². The van der Waals surface area contributed by atoms with Gasteiger partial charge in [0.25, 0.3) is 0 Å². The third kappa shape index (κ3) is 42.0.